The zero-order chi connectivity index (χ0) is 19.3. The largest absolute Gasteiger partial charge is 0.354 e. The smallest absolute Gasteiger partial charge is 0.256 e. The zero-order valence-electron chi connectivity index (χ0n) is 15.6. The number of rotatable bonds is 3. The molecule has 2 saturated heterocycles. The molecule has 7 nitrogen and oxygen atoms in total. The Kier molecular flexibility index (Phi) is 3.99. The predicted octanol–water partition coefficient (Wildman–Crippen LogP) is 2.03. The molecule has 2 aliphatic heterocycles. The molecule has 2 aromatic heterocycles. The summed E-state index contributed by atoms with van der Waals surface area (Å²) in [4.78, 5) is 16.7. The Morgan fingerprint density at radius 1 is 1.07 bits per heavy atom. The molecule has 2 unspecified atom stereocenters. The van der Waals surface area contributed by atoms with Crippen molar-refractivity contribution in [1.82, 2.24) is 24.7 Å². The summed E-state index contributed by atoms with van der Waals surface area (Å²) < 4.78 is 15.8. The van der Waals surface area contributed by atoms with Gasteiger partial charge in [0.25, 0.3) is 5.91 Å². The van der Waals surface area contributed by atoms with Gasteiger partial charge in [-0.3, -0.25) is 4.79 Å². The molecule has 0 bridgehead atoms. The van der Waals surface area contributed by atoms with Crippen LogP contribution in [-0.2, 0) is 6.42 Å². The van der Waals surface area contributed by atoms with Crippen molar-refractivity contribution in [2.45, 2.75) is 13.3 Å². The lowest BCUT2D eigenvalue weighted by molar-refractivity contribution is 0.0778. The number of hydrogen-bond donors (Lipinski definition) is 0. The van der Waals surface area contributed by atoms with E-state index in [1.807, 2.05) is 19.1 Å². The van der Waals surface area contributed by atoms with Crippen molar-refractivity contribution in [2.24, 2.45) is 11.8 Å². The van der Waals surface area contributed by atoms with Gasteiger partial charge in [-0.15, -0.1) is 15.3 Å². The van der Waals surface area contributed by atoms with Crippen molar-refractivity contribution in [1.29, 1.82) is 0 Å². The number of fused-ring (bicyclic) bond motifs is 2. The lowest BCUT2D eigenvalue weighted by Crippen LogP contribution is -2.34. The number of amides is 1. The molecule has 0 aliphatic carbocycles. The third-order valence-electron chi connectivity index (χ3n) is 5.83. The summed E-state index contributed by atoms with van der Waals surface area (Å²) in [6.07, 6.45) is 0.774. The van der Waals surface area contributed by atoms with Crippen LogP contribution in [0.3, 0.4) is 0 Å². The van der Waals surface area contributed by atoms with Gasteiger partial charge in [0.05, 0.1) is 5.56 Å². The molecule has 4 heterocycles. The number of aromatic nitrogens is 4. The molecule has 1 aromatic carbocycles. The van der Waals surface area contributed by atoms with Gasteiger partial charge in [0, 0.05) is 44.4 Å². The van der Waals surface area contributed by atoms with Crippen LogP contribution in [0, 0.1) is 17.7 Å². The van der Waals surface area contributed by atoms with Crippen LogP contribution >= 0.6 is 0 Å². The normalized spacial score (nSPS) is 21.5. The van der Waals surface area contributed by atoms with Crippen LogP contribution in [0.1, 0.15) is 23.1 Å². The highest BCUT2D eigenvalue weighted by Crippen LogP contribution is 2.34. The SMILES string of the molecule is CCc1nnc2ccc(N3CC4CN(C(=O)c5ccccc5F)CC4C3)nn12. The number of nitrogens with zero attached hydrogens (tertiary/aromatic N) is 6. The standard InChI is InChI=1S/C20H21FN6O/c1-2-17-22-23-18-7-8-19(24-27(17)18)25-9-13-11-26(12-14(13)10-25)20(28)15-5-3-4-6-16(15)21/h3-8,13-14H,2,9-12H2,1H3. The Balaban J connectivity index is 1.31. The summed E-state index contributed by atoms with van der Waals surface area (Å²) in [6.45, 7) is 5.03. The maximum atomic E-state index is 14.0. The molecule has 0 radical (unpaired) electrons. The fourth-order valence-corrected chi connectivity index (χ4v) is 4.36. The first-order chi connectivity index (χ1) is 13.6. The summed E-state index contributed by atoms with van der Waals surface area (Å²) in [7, 11) is 0. The Labute approximate surface area is 161 Å². The van der Waals surface area contributed by atoms with Crippen molar-refractivity contribution >= 4 is 17.4 Å². The summed E-state index contributed by atoms with van der Waals surface area (Å²) in [5.74, 6) is 1.83. The first kappa shape index (κ1) is 17.1. The number of anilines is 1. The number of benzene rings is 1. The summed E-state index contributed by atoms with van der Waals surface area (Å²) >= 11 is 0. The van der Waals surface area contributed by atoms with Gasteiger partial charge >= 0.3 is 0 Å². The van der Waals surface area contributed by atoms with E-state index in [1.165, 1.54) is 6.07 Å². The average molecular weight is 380 g/mol. The third-order valence-corrected chi connectivity index (χ3v) is 5.83. The minimum absolute atomic E-state index is 0.158. The molecule has 1 amide bonds. The molecule has 5 rings (SSSR count). The van der Waals surface area contributed by atoms with E-state index in [-0.39, 0.29) is 11.5 Å². The number of likely N-dealkylation sites (tertiary alicyclic amines) is 1. The minimum Gasteiger partial charge on any atom is -0.354 e. The monoisotopic (exact) mass is 380 g/mol. The molecule has 0 spiro atoms. The lowest BCUT2D eigenvalue weighted by atomic mass is 10.0. The van der Waals surface area contributed by atoms with Crippen molar-refractivity contribution in [2.75, 3.05) is 31.1 Å². The average Bonchev–Trinajstić information content (AvgIpc) is 3.39. The van der Waals surface area contributed by atoms with Crippen LogP contribution in [0.5, 0.6) is 0 Å². The fourth-order valence-electron chi connectivity index (χ4n) is 4.36. The minimum atomic E-state index is -0.454. The van der Waals surface area contributed by atoms with Crippen molar-refractivity contribution in [3.05, 3.63) is 53.6 Å². The molecule has 2 fully saturated rings. The Hall–Kier alpha value is -3.03. The highest BCUT2D eigenvalue weighted by Gasteiger charge is 2.42. The van der Waals surface area contributed by atoms with Gasteiger partial charge in [0.2, 0.25) is 0 Å². The number of carbonyl (C=O) groups excluding carboxylic acids is 1. The van der Waals surface area contributed by atoms with Crippen LogP contribution in [-0.4, -0.2) is 56.8 Å². The highest BCUT2D eigenvalue weighted by molar-refractivity contribution is 5.94. The van der Waals surface area contributed by atoms with E-state index in [9.17, 15) is 9.18 Å². The fraction of sp³-hybridized carbons (Fsp3) is 0.400. The van der Waals surface area contributed by atoms with E-state index in [0.717, 1.165) is 36.8 Å². The molecule has 0 saturated carbocycles. The van der Waals surface area contributed by atoms with Crippen LogP contribution in [0.2, 0.25) is 0 Å². The van der Waals surface area contributed by atoms with Gasteiger partial charge in [-0.1, -0.05) is 19.1 Å². The molecule has 28 heavy (non-hydrogen) atoms. The van der Waals surface area contributed by atoms with Crippen molar-refractivity contribution in [3.63, 3.8) is 0 Å². The summed E-state index contributed by atoms with van der Waals surface area (Å²) in [6, 6.07) is 10.1. The van der Waals surface area contributed by atoms with E-state index in [1.54, 1.807) is 27.6 Å². The van der Waals surface area contributed by atoms with Gasteiger partial charge in [-0.2, -0.15) is 4.52 Å². The number of aryl methyl sites for hydroxylation is 1. The molecule has 3 aromatic rings. The number of halogens is 1. The molecule has 0 N–H and O–H groups in total. The second kappa shape index (κ2) is 6.54. The van der Waals surface area contributed by atoms with E-state index in [2.05, 4.69) is 15.1 Å². The molecule has 2 atom stereocenters. The Morgan fingerprint density at radius 2 is 1.82 bits per heavy atom. The van der Waals surface area contributed by atoms with E-state index >= 15 is 0 Å². The second-order valence-electron chi connectivity index (χ2n) is 7.55. The van der Waals surface area contributed by atoms with Crippen molar-refractivity contribution in [3.8, 4) is 0 Å². The highest BCUT2D eigenvalue weighted by atomic mass is 19.1. The third kappa shape index (κ3) is 2.71. The topological polar surface area (TPSA) is 66.6 Å². The predicted molar refractivity (Wildman–Crippen MR) is 102 cm³/mol. The zero-order valence-corrected chi connectivity index (χ0v) is 15.6. The Morgan fingerprint density at radius 3 is 2.54 bits per heavy atom. The van der Waals surface area contributed by atoms with Crippen LogP contribution < -0.4 is 4.90 Å². The van der Waals surface area contributed by atoms with Gasteiger partial charge in [0.15, 0.2) is 11.5 Å². The van der Waals surface area contributed by atoms with Crippen molar-refractivity contribution < 1.29 is 9.18 Å². The van der Waals surface area contributed by atoms with Gasteiger partial charge in [-0.25, -0.2) is 4.39 Å². The van der Waals surface area contributed by atoms with Crippen LogP contribution in [0.25, 0.3) is 5.65 Å². The van der Waals surface area contributed by atoms with Gasteiger partial charge < -0.3 is 9.80 Å². The first-order valence-corrected chi connectivity index (χ1v) is 9.64. The van der Waals surface area contributed by atoms with Gasteiger partial charge in [-0.05, 0) is 24.3 Å². The lowest BCUT2D eigenvalue weighted by Gasteiger charge is -2.22. The molecule has 8 heteroatoms. The maximum Gasteiger partial charge on any atom is 0.256 e. The summed E-state index contributed by atoms with van der Waals surface area (Å²) in [5.41, 5.74) is 0.910. The van der Waals surface area contributed by atoms with Crippen LogP contribution in [0.15, 0.2) is 36.4 Å². The molecular weight excluding hydrogens is 359 g/mol. The molecule has 2 aliphatic rings. The molecular formula is C20H21FN6O. The first-order valence-electron chi connectivity index (χ1n) is 9.64. The number of hydrogen-bond acceptors (Lipinski definition) is 5. The molecule has 144 valence electrons. The van der Waals surface area contributed by atoms with E-state index < -0.39 is 5.82 Å². The van der Waals surface area contributed by atoms with Gasteiger partial charge in [0.1, 0.15) is 11.6 Å². The maximum absolute atomic E-state index is 14.0. The van der Waals surface area contributed by atoms with Crippen LogP contribution in [0.4, 0.5) is 10.2 Å². The number of carbonyl (C=O) groups is 1. The summed E-state index contributed by atoms with van der Waals surface area (Å²) in [5, 5.41) is 13.0. The quantitative estimate of drug-likeness (QED) is 0.696. The Bertz CT molecular complexity index is 1040. The van der Waals surface area contributed by atoms with E-state index in [4.69, 9.17) is 5.10 Å². The second-order valence-corrected chi connectivity index (χ2v) is 7.55. The van der Waals surface area contributed by atoms with E-state index in [0.29, 0.717) is 24.9 Å².